The van der Waals surface area contributed by atoms with Crippen LogP contribution in [0.3, 0.4) is 0 Å². The van der Waals surface area contributed by atoms with Crippen LogP contribution in [-0.2, 0) is 0 Å². The zero-order chi connectivity index (χ0) is 54.0. The molecule has 9 heteroatoms. The number of nitrogens with zero attached hydrogens (tertiary/aromatic N) is 9. The number of hydrogen-bond donors (Lipinski definition) is 0. The smallest absolute Gasteiger partial charge is 0.220 e. The molecule has 83 heavy (non-hydrogen) atoms. The van der Waals surface area contributed by atoms with Crippen molar-refractivity contribution in [3.63, 3.8) is 0 Å². The van der Waals surface area contributed by atoms with Crippen molar-refractivity contribution in [2.75, 3.05) is 0 Å². The summed E-state index contributed by atoms with van der Waals surface area (Å²) in [5.41, 5.74) is 22.6. The Morgan fingerprint density at radius 3 is 1.05 bits per heavy atom. The second-order valence-corrected chi connectivity index (χ2v) is 21.8. The van der Waals surface area contributed by atoms with E-state index in [2.05, 4.69) is 305 Å². The van der Waals surface area contributed by atoms with Crippen LogP contribution < -0.4 is 0 Å². The summed E-state index contributed by atoms with van der Waals surface area (Å²) in [6.07, 6.45) is 0. The lowest BCUT2D eigenvalue weighted by atomic mass is 10.0. The molecule has 0 saturated carbocycles. The number of hydrogen-bond acceptors (Lipinski definition) is 2. The Labute approximate surface area is 472 Å². The van der Waals surface area contributed by atoms with Gasteiger partial charge < -0.3 is 13.7 Å². The molecule has 0 saturated heterocycles. The highest BCUT2D eigenvalue weighted by Crippen LogP contribution is 2.45. The molecule has 19 rings (SSSR count). The minimum Gasteiger partial charge on any atom is -0.309 e. The van der Waals surface area contributed by atoms with Crippen LogP contribution in [0.15, 0.2) is 273 Å². The van der Waals surface area contributed by atoms with Crippen molar-refractivity contribution in [3.05, 3.63) is 273 Å². The standard InChI is InChI=1S/C74H45N9/c1-2-21-46(22-3-1)78-63-37-16-18-39-65(63)82-67-43-41-55-53-29-8-14-35-61(53)80(71(55)69(67)75-73(78)82)59-33-12-6-27-51(59)52-28-7-13-34-60(52)81-62-36-15-9-30-54(62)56-42-44-68-70(72(56)81)76-74-79(64-38-17-19-40-66(64)83(68)74)48-24-20-23-47(45-48)77-57-31-10-4-25-49(57)50-26-5-11-32-58(50)77/h1-45H. The van der Waals surface area contributed by atoms with E-state index in [1.54, 1.807) is 0 Å². The zero-order valence-electron chi connectivity index (χ0n) is 44.5. The first-order valence-electron chi connectivity index (χ1n) is 28.3. The molecule has 0 aliphatic rings. The summed E-state index contributed by atoms with van der Waals surface area (Å²) < 4.78 is 16.6. The molecule has 0 aliphatic heterocycles. The van der Waals surface area contributed by atoms with E-state index in [4.69, 9.17) is 9.97 Å². The third-order valence-corrected chi connectivity index (χ3v) is 17.5. The zero-order valence-corrected chi connectivity index (χ0v) is 44.5. The molecule has 0 unspecified atom stereocenters. The van der Waals surface area contributed by atoms with Gasteiger partial charge in [-0.05, 0) is 115 Å². The Hall–Kier alpha value is -11.4. The molecular weight excluding hydrogens is 1010 g/mol. The second kappa shape index (κ2) is 16.6. The van der Waals surface area contributed by atoms with Gasteiger partial charge in [-0.25, -0.2) is 9.97 Å². The Kier molecular flexibility index (Phi) is 8.87. The summed E-state index contributed by atoms with van der Waals surface area (Å²) in [6.45, 7) is 0. The SMILES string of the molecule is c1ccc(-n2c3ccccc3n3c4ccc5c6ccccc6n(-c6ccccc6-c6ccccc6-n6c7ccccc7c7ccc8c(nc9n(-c%10cccc(-n%11c%12ccccc%12c%12ccccc%12%11)c%10)c%10ccccc%10n89)c76)c5c4nc23)cc1. The first-order valence-corrected chi connectivity index (χ1v) is 28.3. The Morgan fingerprint density at radius 1 is 0.217 bits per heavy atom. The van der Waals surface area contributed by atoms with Crippen molar-refractivity contribution < 1.29 is 0 Å². The average molecular weight is 1060 g/mol. The number of aromatic nitrogens is 9. The maximum Gasteiger partial charge on any atom is 0.220 e. The van der Waals surface area contributed by atoms with E-state index in [1.807, 2.05) is 0 Å². The molecule has 0 bridgehead atoms. The van der Waals surface area contributed by atoms with Crippen LogP contribution in [0.2, 0.25) is 0 Å². The maximum atomic E-state index is 5.83. The Bertz CT molecular complexity index is 5900. The summed E-state index contributed by atoms with van der Waals surface area (Å²) in [5.74, 6) is 1.72. The predicted molar refractivity (Wildman–Crippen MR) is 341 cm³/mol. The van der Waals surface area contributed by atoms with Crippen LogP contribution in [0.1, 0.15) is 0 Å². The van der Waals surface area contributed by atoms with Gasteiger partial charge in [-0.3, -0.25) is 17.9 Å². The van der Waals surface area contributed by atoms with Crippen LogP contribution in [0.5, 0.6) is 0 Å². The number of para-hydroxylation sites is 11. The third kappa shape index (κ3) is 5.93. The quantitative estimate of drug-likeness (QED) is 0.167. The monoisotopic (exact) mass is 1060 g/mol. The first-order chi connectivity index (χ1) is 41.2. The molecule has 386 valence electrons. The first kappa shape index (κ1) is 44.4. The fourth-order valence-corrected chi connectivity index (χ4v) is 14.2. The lowest BCUT2D eigenvalue weighted by Gasteiger charge is -2.18. The maximum absolute atomic E-state index is 5.83. The molecule has 7 aromatic heterocycles. The number of rotatable bonds is 6. The molecule has 19 aromatic rings. The molecule has 0 atom stereocenters. The van der Waals surface area contributed by atoms with Crippen LogP contribution in [0, 0.1) is 0 Å². The summed E-state index contributed by atoms with van der Waals surface area (Å²) in [5, 5.41) is 7.11. The summed E-state index contributed by atoms with van der Waals surface area (Å²) in [7, 11) is 0. The van der Waals surface area contributed by atoms with E-state index < -0.39 is 0 Å². The Morgan fingerprint density at radius 2 is 0.566 bits per heavy atom. The highest BCUT2D eigenvalue weighted by atomic mass is 15.2. The molecular formula is C74H45N9. The van der Waals surface area contributed by atoms with Gasteiger partial charge in [-0.1, -0.05) is 158 Å². The van der Waals surface area contributed by atoms with Crippen LogP contribution in [0.4, 0.5) is 0 Å². The van der Waals surface area contributed by atoms with Gasteiger partial charge in [0.25, 0.3) is 0 Å². The average Bonchev–Trinajstić information content (AvgIpc) is 2.78. The molecule has 12 aromatic carbocycles. The molecule has 0 amide bonds. The molecule has 0 N–H and O–H groups in total. The van der Waals surface area contributed by atoms with Gasteiger partial charge in [0.2, 0.25) is 11.6 Å². The molecule has 0 spiro atoms. The summed E-state index contributed by atoms with van der Waals surface area (Å²) in [4.78, 5) is 11.5. The molecule has 7 heterocycles. The van der Waals surface area contributed by atoms with Gasteiger partial charge in [0.15, 0.2) is 0 Å². The van der Waals surface area contributed by atoms with Crippen LogP contribution in [0.25, 0.3) is 161 Å². The van der Waals surface area contributed by atoms with Crippen molar-refractivity contribution >= 4 is 121 Å². The number of fused-ring (bicyclic) bond motifs is 21. The number of benzene rings is 12. The minimum atomic E-state index is 0.849. The van der Waals surface area contributed by atoms with E-state index in [0.29, 0.717) is 0 Å². The Balaban J connectivity index is 0.855. The predicted octanol–water partition coefficient (Wildman–Crippen LogP) is 18.1. The molecule has 9 nitrogen and oxygen atoms in total. The van der Waals surface area contributed by atoms with Crippen LogP contribution >= 0.6 is 0 Å². The van der Waals surface area contributed by atoms with E-state index in [0.717, 1.165) is 128 Å². The van der Waals surface area contributed by atoms with E-state index in [9.17, 15) is 0 Å². The largest absolute Gasteiger partial charge is 0.309 e. The van der Waals surface area contributed by atoms with Gasteiger partial charge in [0.1, 0.15) is 11.0 Å². The van der Waals surface area contributed by atoms with E-state index in [1.165, 1.54) is 32.6 Å². The minimum absolute atomic E-state index is 0.849. The second-order valence-electron chi connectivity index (χ2n) is 21.8. The van der Waals surface area contributed by atoms with Gasteiger partial charge >= 0.3 is 0 Å². The van der Waals surface area contributed by atoms with Gasteiger partial charge in [0.05, 0.1) is 83.3 Å². The van der Waals surface area contributed by atoms with Crippen molar-refractivity contribution in [2.45, 2.75) is 0 Å². The topological polar surface area (TPSA) is 59.2 Å². The van der Waals surface area contributed by atoms with Gasteiger partial charge in [0, 0.05) is 54.8 Å². The van der Waals surface area contributed by atoms with Crippen molar-refractivity contribution in [3.8, 4) is 39.6 Å². The van der Waals surface area contributed by atoms with Crippen molar-refractivity contribution in [1.29, 1.82) is 0 Å². The van der Waals surface area contributed by atoms with E-state index in [-0.39, 0.29) is 0 Å². The fourth-order valence-electron chi connectivity index (χ4n) is 14.2. The highest BCUT2D eigenvalue weighted by molar-refractivity contribution is 6.20. The molecule has 0 aliphatic carbocycles. The van der Waals surface area contributed by atoms with Crippen molar-refractivity contribution in [2.24, 2.45) is 0 Å². The fraction of sp³-hybridized carbons (Fsp3) is 0. The van der Waals surface area contributed by atoms with E-state index >= 15 is 0 Å². The lowest BCUT2D eigenvalue weighted by Crippen LogP contribution is -2.02. The highest BCUT2D eigenvalue weighted by Gasteiger charge is 2.27. The van der Waals surface area contributed by atoms with Gasteiger partial charge in [-0.2, -0.15) is 0 Å². The third-order valence-electron chi connectivity index (χ3n) is 17.5. The normalized spacial score (nSPS) is 12.3. The van der Waals surface area contributed by atoms with Crippen LogP contribution in [-0.4, -0.2) is 41.6 Å². The van der Waals surface area contributed by atoms with Gasteiger partial charge in [-0.15, -0.1) is 0 Å². The summed E-state index contributed by atoms with van der Waals surface area (Å²) in [6, 6.07) is 98.8. The number of imidazole rings is 4. The lowest BCUT2D eigenvalue weighted by molar-refractivity contribution is 1.09. The molecule has 0 radical (unpaired) electrons. The summed E-state index contributed by atoms with van der Waals surface area (Å²) >= 11 is 0. The van der Waals surface area contributed by atoms with Crippen molar-refractivity contribution in [1.82, 2.24) is 41.6 Å². The molecule has 0 fully saturated rings.